The van der Waals surface area contributed by atoms with E-state index >= 15 is 0 Å². The molecule has 0 saturated heterocycles. The Kier molecular flexibility index (Phi) is 2.21. The van der Waals surface area contributed by atoms with Crippen molar-refractivity contribution in [3.05, 3.63) is 40.0 Å². The zero-order valence-corrected chi connectivity index (χ0v) is 10.7. The molecular formula is C15H14O3. The Morgan fingerprint density at radius 2 is 1.83 bits per heavy atom. The van der Waals surface area contributed by atoms with Gasteiger partial charge in [-0.2, -0.15) is 0 Å². The monoisotopic (exact) mass is 242 g/mol. The topological polar surface area (TPSA) is 43.4 Å². The summed E-state index contributed by atoms with van der Waals surface area (Å²) < 4.78 is 5.69. The van der Waals surface area contributed by atoms with Crippen LogP contribution in [-0.4, -0.2) is 18.2 Å². The van der Waals surface area contributed by atoms with Crippen LogP contribution in [-0.2, 0) is 9.53 Å². The lowest BCUT2D eigenvalue weighted by Gasteiger charge is -2.31. The number of rotatable bonds is 0. The lowest BCUT2D eigenvalue weighted by atomic mass is 9.79. The van der Waals surface area contributed by atoms with Gasteiger partial charge in [0.1, 0.15) is 5.76 Å². The van der Waals surface area contributed by atoms with E-state index < -0.39 is 11.6 Å². The summed E-state index contributed by atoms with van der Waals surface area (Å²) in [4.78, 5) is 24.1. The van der Waals surface area contributed by atoms with Gasteiger partial charge in [0, 0.05) is 22.6 Å². The van der Waals surface area contributed by atoms with E-state index in [1.54, 1.807) is 6.92 Å². The first-order valence-corrected chi connectivity index (χ1v) is 6.09. The number of ether oxygens (including phenoxy) is 1. The van der Waals surface area contributed by atoms with Gasteiger partial charge in [0.25, 0.3) is 0 Å². The second-order valence-electron chi connectivity index (χ2n) is 5.05. The van der Waals surface area contributed by atoms with Crippen molar-refractivity contribution < 1.29 is 14.3 Å². The van der Waals surface area contributed by atoms with Crippen molar-refractivity contribution in [3.8, 4) is 0 Å². The molecule has 0 aromatic heterocycles. The van der Waals surface area contributed by atoms with E-state index in [1.807, 2.05) is 19.1 Å². The van der Waals surface area contributed by atoms with Crippen molar-refractivity contribution in [2.24, 2.45) is 0 Å². The van der Waals surface area contributed by atoms with Crippen molar-refractivity contribution in [1.82, 2.24) is 0 Å². The predicted octanol–water partition coefficient (Wildman–Crippen LogP) is 2.63. The summed E-state index contributed by atoms with van der Waals surface area (Å²) in [6, 6.07) is 3.96. The first-order valence-electron chi connectivity index (χ1n) is 6.09. The summed E-state index contributed by atoms with van der Waals surface area (Å²) in [6.45, 7) is 6.15. The average Bonchev–Trinajstić information content (AvgIpc) is 2.35. The number of carbonyl (C=O) groups is 2. The van der Waals surface area contributed by atoms with Gasteiger partial charge in [0.05, 0.1) is 6.61 Å². The molecule has 0 saturated carbocycles. The Morgan fingerprint density at radius 1 is 1.11 bits per heavy atom. The van der Waals surface area contributed by atoms with Crippen molar-refractivity contribution in [2.45, 2.75) is 26.7 Å². The zero-order valence-electron chi connectivity index (χ0n) is 10.7. The van der Waals surface area contributed by atoms with Crippen LogP contribution in [0.1, 0.15) is 46.8 Å². The Morgan fingerprint density at radius 3 is 2.56 bits per heavy atom. The summed E-state index contributed by atoms with van der Waals surface area (Å²) in [6.07, 6.45) is 0. The fraction of sp³-hybridized carbons (Fsp3) is 0.333. The van der Waals surface area contributed by atoms with Gasteiger partial charge in [-0.15, -0.1) is 0 Å². The van der Waals surface area contributed by atoms with Crippen LogP contribution in [0.2, 0.25) is 0 Å². The van der Waals surface area contributed by atoms with Gasteiger partial charge in [-0.25, -0.2) is 0 Å². The first-order chi connectivity index (χ1) is 8.52. The number of allylic oxidation sites excluding steroid dienone is 1. The van der Waals surface area contributed by atoms with Crippen LogP contribution in [0, 0.1) is 6.92 Å². The number of hydrogen-bond acceptors (Lipinski definition) is 3. The molecule has 0 fully saturated rings. The van der Waals surface area contributed by atoms with Crippen molar-refractivity contribution in [3.63, 3.8) is 0 Å². The van der Waals surface area contributed by atoms with E-state index in [1.165, 1.54) is 0 Å². The number of aryl methyl sites for hydroxylation is 1. The molecule has 1 heterocycles. The normalized spacial score (nSPS) is 21.8. The van der Waals surface area contributed by atoms with Gasteiger partial charge in [-0.1, -0.05) is 19.1 Å². The molecule has 2 aliphatic rings. The minimum atomic E-state index is -0.438. The Balaban J connectivity index is 2.44. The van der Waals surface area contributed by atoms with E-state index in [9.17, 15) is 9.59 Å². The van der Waals surface area contributed by atoms with Crippen LogP contribution < -0.4 is 0 Å². The molecule has 0 N–H and O–H groups in total. The molecule has 0 radical (unpaired) electrons. The number of ketones is 2. The summed E-state index contributed by atoms with van der Waals surface area (Å²) in [5.74, 6) is 0.0129. The summed E-state index contributed by atoms with van der Waals surface area (Å²) in [5.41, 5.74) is 3.76. The number of Topliss-reactive ketones (excluding diaryl/α,β-unsaturated/α-hetero) is 2. The second-order valence-corrected chi connectivity index (χ2v) is 5.05. The number of hydrogen-bond donors (Lipinski definition) is 0. The maximum Gasteiger partial charge on any atom is 0.234 e. The smallest absolute Gasteiger partial charge is 0.234 e. The zero-order chi connectivity index (χ0) is 13.0. The molecule has 1 aromatic rings. The van der Waals surface area contributed by atoms with Gasteiger partial charge < -0.3 is 4.74 Å². The van der Waals surface area contributed by atoms with Crippen molar-refractivity contribution >= 4 is 17.3 Å². The Hall–Kier alpha value is -1.90. The third-order valence-electron chi connectivity index (χ3n) is 3.80. The van der Waals surface area contributed by atoms with Gasteiger partial charge in [0.15, 0.2) is 0 Å². The van der Waals surface area contributed by atoms with Crippen LogP contribution in [0.3, 0.4) is 0 Å². The molecule has 0 amide bonds. The van der Waals surface area contributed by atoms with Crippen LogP contribution in [0.15, 0.2) is 17.7 Å². The number of carbonyl (C=O) groups excluding carboxylic acids is 2. The van der Waals surface area contributed by atoms with Gasteiger partial charge in [-0.05, 0) is 25.0 Å². The Labute approximate surface area is 105 Å². The molecule has 18 heavy (non-hydrogen) atoms. The molecular weight excluding hydrogens is 228 g/mol. The van der Waals surface area contributed by atoms with Gasteiger partial charge >= 0.3 is 0 Å². The molecule has 0 spiro atoms. The van der Waals surface area contributed by atoms with Crippen LogP contribution in [0.5, 0.6) is 0 Å². The standard InChI is InChI=1S/C15H14O3/c1-7-4-5-10-8(2)6-18-15-9(3)13(16)14(17)11(7)12(10)15/h4-5,8H,6H2,1-3H3. The van der Waals surface area contributed by atoms with Crippen LogP contribution in [0.4, 0.5) is 0 Å². The minimum absolute atomic E-state index is 0.247. The van der Waals surface area contributed by atoms with Gasteiger partial charge in [-0.3, -0.25) is 9.59 Å². The molecule has 1 unspecified atom stereocenters. The van der Waals surface area contributed by atoms with Crippen LogP contribution in [0.25, 0.3) is 5.76 Å². The number of benzene rings is 1. The molecule has 0 bridgehead atoms. The highest BCUT2D eigenvalue weighted by Crippen LogP contribution is 2.41. The highest BCUT2D eigenvalue weighted by atomic mass is 16.5. The largest absolute Gasteiger partial charge is 0.492 e. The summed E-state index contributed by atoms with van der Waals surface area (Å²) in [7, 11) is 0. The summed E-state index contributed by atoms with van der Waals surface area (Å²) in [5, 5.41) is 0. The highest BCUT2D eigenvalue weighted by molar-refractivity contribution is 6.52. The van der Waals surface area contributed by atoms with Gasteiger partial charge in [0.2, 0.25) is 11.6 Å². The van der Waals surface area contributed by atoms with Crippen LogP contribution >= 0.6 is 0 Å². The molecule has 1 aromatic carbocycles. The quantitative estimate of drug-likeness (QED) is 0.657. The third kappa shape index (κ3) is 1.24. The molecule has 3 heteroatoms. The SMILES string of the molecule is CC1=C2OCC(C)c3ccc(C)c(c32)C(=O)C1=O. The molecule has 1 aliphatic heterocycles. The molecule has 3 nitrogen and oxygen atoms in total. The van der Waals surface area contributed by atoms with E-state index in [2.05, 4.69) is 6.92 Å². The lowest BCUT2D eigenvalue weighted by molar-refractivity contribution is -0.112. The second kappa shape index (κ2) is 3.55. The fourth-order valence-corrected chi connectivity index (χ4v) is 2.72. The van der Waals surface area contributed by atoms with E-state index in [0.29, 0.717) is 23.5 Å². The molecule has 1 atom stereocenters. The highest BCUT2D eigenvalue weighted by Gasteiger charge is 2.37. The third-order valence-corrected chi connectivity index (χ3v) is 3.80. The average molecular weight is 242 g/mol. The van der Waals surface area contributed by atoms with E-state index in [-0.39, 0.29) is 5.92 Å². The lowest BCUT2D eigenvalue weighted by Crippen LogP contribution is -2.29. The maximum absolute atomic E-state index is 12.2. The minimum Gasteiger partial charge on any atom is -0.492 e. The molecule has 92 valence electrons. The fourth-order valence-electron chi connectivity index (χ4n) is 2.72. The molecule has 3 rings (SSSR count). The van der Waals surface area contributed by atoms with Crippen molar-refractivity contribution in [1.29, 1.82) is 0 Å². The summed E-state index contributed by atoms with van der Waals surface area (Å²) >= 11 is 0. The van der Waals surface area contributed by atoms with E-state index in [4.69, 9.17) is 4.74 Å². The molecule has 1 aliphatic carbocycles. The van der Waals surface area contributed by atoms with Crippen molar-refractivity contribution in [2.75, 3.05) is 6.61 Å². The van der Waals surface area contributed by atoms with E-state index in [0.717, 1.165) is 16.7 Å². The maximum atomic E-state index is 12.2. The predicted molar refractivity (Wildman–Crippen MR) is 67.5 cm³/mol. The first kappa shape index (κ1) is 11.2. The Bertz CT molecular complexity index is 623.